The molecule has 28 heavy (non-hydrogen) atoms. The van der Waals surface area contributed by atoms with Crippen molar-refractivity contribution in [2.45, 2.75) is 19.0 Å². The van der Waals surface area contributed by atoms with E-state index in [0.717, 1.165) is 48.9 Å². The van der Waals surface area contributed by atoms with Crippen molar-refractivity contribution in [3.05, 3.63) is 59.9 Å². The molecule has 2 aromatic carbocycles. The van der Waals surface area contributed by atoms with Crippen LogP contribution in [0.4, 0.5) is 13.2 Å². The summed E-state index contributed by atoms with van der Waals surface area (Å²) in [5, 5.41) is 0. The van der Waals surface area contributed by atoms with Gasteiger partial charge >= 0.3 is 6.18 Å². The fraction of sp³-hybridized carbons (Fsp3) is 0.318. The van der Waals surface area contributed by atoms with Crippen LogP contribution in [0.1, 0.15) is 24.2 Å². The highest BCUT2D eigenvalue weighted by Gasteiger charge is 2.33. The quantitative estimate of drug-likeness (QED) is 0.636. The van der Waals surface area contributed by atoms with Gasteiger partial charge in [-0.1, -0.05) is 30.3 Å². The Kier molecular flexibility index (Phi) is 4.98. The lowest BCUT2D eigenvalue weighted by atomic mass is 9.97. The minimum absolute atomic E-state index is 0.176. The zero-order valence-electron chi connectivity index (χ0n) is 15.6. The summed E-state index contributed by atoms with van der Waals surface area (Å²) in [6, 6.07) is 10.8. The summed E-state index contributed by atoms with van der Waals surface area (Å²) in [5.41, 5.74) is 1.55. The Bertz CT molecular complexity index is 996. The van der Waals surface area contributed by atoms with Crippen molar-refractivity contribution < 1.29 is 13.2 Å². The maximum absolute atomic E-state index is 13.3. The van der Waals surface area contributed by atoms with Gasteiger partial charge in [-0.15, -0.1) is 0 Å². The Morgan fingerprint density at radius 2 is 1.86 bits per heavy atom. The van der Waals surface area contributed by atoms with Crippen LogP contribution in [0, 0.1) is 5.92 Å². The molecular formula is C22H22F3N3. The number of hydrogen-bond acceptors (Lipinski definition) is 2. The molecule has 1 aliphatic heterocycles. The number of rotatable bonds is 3. The van der Waals surface area contributed by atoms with Crippen molar-refractivity contribution in [2.24, 2.45) is 5.92 Å². The number of halogens is 3. The van der Waals surface area contributed by atoms with E-state index in [0.29, 0.717) is 11.5 Å². The number of benzene rings is 2. The van der Waals surface area contributed by atoms with Crippen LogP contribution in [-0.2, 0) is 6.18 Å². The first kappa shape index (κ1) is 18.7. The molecular weight excluding hydrogens is 363 g/mol. The van der Waals surface area contributed by atoms with Crippen LogP contribution < -0.4 is 0 Å². The van der Waals surface area contributed by atoms with Crippen LogP contribution >= 0.6 is 0 Å². The van der Waals surface area contributed by atoms with Crippen molar-refractivity contribution in [2.75, 3.05) is 20.1 Å². The molecule has 1 N–H and O–H groups in total. The van der Waals surface area contributed by atoms with Crippen molar-refractivity contribution in [1.29, 1.82) is 0 Å². The second-order valence-corrected chi connectivity index (χ2v) is 7.40. The molecule has 0 atom stereocenters. The molecule has 3 aromatic rings. The number of allylic oxidation sites excluding steroid dienone is 1. The first-order valence-electron chi connectivity index (χ1n) is 9.43. The molecule has 1 fully saturated rings. The molecule has 6 heteroatoms. The number of piperidine rings is 1. The molecule has 0 radical (unpaired) electrons. The number of aromatic nitrogens is 2. The number of nitrogens with zero attached hydrogens (tertiary/aromatic N) is 2. The van der Waals surface area contributed by atoms with Gasteiger partial charge in [-0.05, 0) is 74.3 Å². The van der Waals surface area contributed by atoms with Gasteiger partial charge in [-0.25, -0.2) is 4.98 Å². The van der Waals surface area contributed by atoms with Crippen molar-refractivity contribution in [1.82, 2.24) is 14.9 Å². The first-order chi connectivity index (χ1) is 13.4. The zero-order chi connectivity index (χ0) is 19.7. The standard InChI is InChI=1S/C22H22F3N3/c1-28-12-10-15(11-13-28)6-9-21-26-19-8-7-16(14-20(19)27-21)17-4-2-3-5-18(17)22(23,24)25/h2-9,14-15H,10-13H2,1H3,(H,26,27)/b9-6+. The average Bonchev–Trinajstić information content (AvgIpc) is 3.09. The second kappa shape index (κ2) is 7.43. The third-order valence-electron chi connectivity index (χ3n) is 5.33. The highest BCUT2D eigenvalue weighted by molar-refractivity contribution is 5.83. The summed E-state index contributed by atoms with van der Waals surface area (Å²) in [5.74, 6) is 1.27. The molecule has 0 bridgehead atoms. The van der Waals surface area contributed by atoms with Crippen LogP contribution in [0.25, 0.3) is 28.2 Å². The lowest BCUT2D eigenvalue weighted by Gasteiger charge is -2.26. The minimum atomic E-state index is -4.39. The van der Waals surface area contributed by atoms with Gasteiger partial charge in [0.05, 0.1) is 16.6 Å². The van der Waals surface area contributed by atoms with Crippen LogP contribution in [-0.4, -0.2) is 35.0 Å². The van der Waals surface area contributed by atoms with Crippen LogP contribution in [0.3, 0.4) is 0 Å². The van der Waals surface area contributed by atoms with Crippen molar-refractivity contribution >= 4 is 17.1 Å². The SMILES string of the molecule is CN1CCC(/C=C/c2nc3ccc(-c4ccccc4C(F)(F)F)cc3[nH]2)CC1. The van der Waals surface area contributed by atoms with Gasteiger partial charge in [0.15, 0.2) is 0 Å². The van der Waals surface area contributed by atoms with Gasteiger partial charge in [0.2, 0.25) is 0 Å². The Labute approximate surface area is 161 Å². The predicted molar refractivity (Wildman–Crippen MR) is 106 cm³/mol. The molecule has 2 heterocycles. The van der Waals surface area contributed by atoms with Crippen molar-refractivity contribution in [3.8, 4) is 11.1 Å². The lowest BCUT2D eigenvalue weighted by molar-refractivity contribution is -0.137. The van der Waals surface area contributed by atoms with Gasteiger partial charge in [0, 0.05) is 0 Å². The zero-order valence-corrected chi connectivity index (χ0v) is 15.6. The number of hydrogen-bond donors (Lipinski definition) is 1. The number of fused-ring (bicyclic) bond motifs is 1. The summed E-state index contributed by atoms with van der Waals surface area (Å²) in [7, 11) is 2.13. The summed E-state index contributed by atoms with van der Waals surface area (Å²) in [6.07, 6.45) is 2.04. The molecule has 1 aromatic heterocycles. The highest BCUT2D eigenvalue weighted by Crippen LogP contribution is 2.37. The number of alkyl halides is 3. The minimum Gasteiger partial charge on any atom is -0.338 e. The maximum atomic E-state index is 13.3. The van der Waals surface area contributed by atoms with E-state index in [2.05, 4.69) is 28.0 Å². The largest absolute Gasteiger partial charge is 0.417 e. The monoisotopic (exact) mass is 385 g/mol. The Morgan fingerprint density at radius 1 is 1.11 bits per heavy atom. The maximum Gasteiger partial charge on any atom is 0.417 e. The predicted octanol–water partition coefficient (Wildman–Crippen LogP) is 5.60. The van der Waals surface area contributed by atoms with Crippen molar-refractivity contribution in [3.63, 3.8) is 0 Å². The van der Waals surface area contributed by atoms with Crippen LogP contribution in [0.15, 0.2) is 48.5 Å². The fourth-order valence-corrected chi connectivity index (χ4v) is 3.71. The third kappa shape index (κ3) is 3.97. The topological polar surface area (TPSA) is 31.9 Å². The third-order valence-corrected chi connectivity index (χ3v) is 5.33. The van der Waals surface area contributed by atoms with E-state index in [1.54, 1.807) is 24.3 Å². The molecule has 146 valence electrons. The van der Waals surface area contributed by atoms with Gasteiger partial charge in [-0.3, -0.25) is 0 Å². The molecule has 1 aliphatic rings. The molecule has 0 spiro atoms. The highest BCUT2D eigenvalue weighted by atomic mass is 19.4. The summed E-state index contributed by atoms with van der Waals surface area (Å²) in [6.45, 7) is 2.19. The van der Waals surface area contributed by atoms with Gasteiger partial charge in [0.25, 0.3) is 0 Å². The van der Waals surface area contributed by atoms with E-state index in [4.69, 9.17) is 0 Å². The first-order valence-corrected chi connectivity index (χ1v) is 9.43. The smallest absolute Gasteiger partial charge is 0.338 e. The fourth-order valence-electron chi connectivity index (χ4n) is 3.71. The van der Waals surface area contributed by atoms with Crippen LogP contribution in [0.2, 0.25) is 0 Å². The van der Waals surface area contributed by atoms with E-state index in [-0.39, 0.29) is 5.56 Å². The number of imidazole rings is 1. The average molecular weight is 385 g/mol. The normalized spacial score (nSPS) is 17.0. The lowest BCUT2D eigenvalue weighted by Crippen LogP contribution is -2.29. The molecule has 4 rings (SSSR count). The molecule has 1 saturated heterocycles. The van der Waals surface area contributed by atoms with Gasteiger partial charge in [0.1, 0.15) is 5.82 Å². The van der Waals surface area contributed by atoms with Gasteiger partial charge < -0.3 is 9.88 Å². The molecule has 0 saturated carbocycles. The summed E-state index contributed by atoms with van der Waals surface area (Å²) < 4.78 is 40.0. The summed E-state index contributed by atoms with van der Waals surface area (Å²) >= 11 is 0. The molecule has 0 aliphatic carbocycles. The Morgan fingerprint density at radius 3 is 2.61 bits per heavy atom. The second-order valence-electron chi connectivity index (χ2n) is 7.40. The van der Waals surface area contributed by atoms with Gasteiger partial charge in [-0.2, -0.15) is 13.2 Å². The number of H-pyrrole nitrogens is 1. The number of likely N-dealkylation sites (tertiary alicyclic amines) is 1. The number of aromatic amines is 1. The van der Waals surface area contributed by atoms with E-state index in [1.807, 2.05) is 6.08 Å². The molecule has 3 nitrogen and oxygen atoms in total. The van der Waals surface area contributed by atoms with E-state index >= 15 is 0 Å². The van der Waals surface area contributed by atoms with Crippen LogP contribution in [0.5, 0.6) is 0 Å². The summed E-state index contributed by atoms with van der Waals surface area (Å²) in [4.78, 5) is 10.1. The Hall–Kier alpha value is -2.60. The number of nitrogens with one attached hydrogen (secondary N) is 1. The Balaban J connectivity index is 1.61. The van der Waals surface area contributed by atoms with E-state index < -0.39 is 11.7 Å². The molecule has 0 unspecified atom stereocenters. The van der Waals surface area contributed by atoms with E-state index in [9.17, 15) is 13.2 Å². The van der Waals surface area contributed by atoms with E-state index in [1.165, 1.54) is 12.1 Å². The molecule has 0 amide bonds.